The predicted molar refractivity (Wildman–Crippen MR) is 60.7 cm³/mol. The van der Waals surface area contributed by atoms with Gasteiger partial charge in [-0.05, 0) is 18.8 Å². The molecule has 0 spiro atoms. The van der Waals surface area contributed by atoms with Gasteiger partial charge in [-0.25, -0.2) is 8.78 Å². The molecule has 1 saturated carbocycles. The van der Waals surface area contributed by atoms with E-state index in [-0.39, 0.29) is 5.60 Å². The van der Waals surface area contributed by atoms with Crippen LogP contribution in [0.25, 0.3) is 0 Å². The van der Waals surface area contributed by atoms with Gasteiger partial charge in [0, 0.05) is 12.3 Å². The lowest BCUT2D eigenvalue weighted by atomic mass is 9.80. The molecule has 0 N–H and O–H groups in total. The third-order valence-corrected chi connectivity index (χ3v) is 3.95. The van der Waals surface area contributed by atoms with Crippen molar-refractivity contribution >= 4 is 15.9 Å². The molecule has 0 aromatic heterocycles. The van der Waals surface area contributed by atoms with Crippen LogP contribution in [0.4, 0.5) is 8.78 Å². The first-order chi connectivity index (χ1) is 6.87. The van der Waals surface area contributed by atoms with E-state index in [1.807, 2.05) is 0 Å². The number of ether oxygens (including phenoxy) is 1. The van der Waals surface area contributed by atoms with Crippen LogP contribution in [0.5, 0.6) is 0 Å². The number of hydrogen-bond acceptors (Lipinski definition) is 1. The lowest BCUT2D eigenvalue weighted by Gasteiger charge is -2.39. The molecule has 0 amide bonds. The Balaban J connectivity index is 2.52. The van der Waals surface area contributed by atoms with Crippen LogP contribution < -0.4 is 0 Å². The Hall–Kier alpha value is 0.300. The quantitative estimate of drug-likeness (QED) is 0.709. The zero-order valence-corrected chi connectivity index (χ0v) is 10.9. The van der Waals surface area contributed by atoms with E-state index in [0.29, 0.717) is 11.2 Å². The molecule has 0 aromatic carbocycles. The maximum Gasteiger partial charge on any atom is 0.268 e. The fourth-order valence-electron chi connectivity index (χ4n) is 2.18. The molecule has 4 heteroatoms. The van der Waals surface area contributed by atoms with E-state index in [1.165, 1.54) is 6.42 Å². The highest BCUT2D eigenvalue weighted by atomic mass is 79.9. The Morgan fingerprint density at radius 1 is 1.53 bits per heavy atom. The van der Waals surface area contributed by atoms with E-state index >= 15 is 0 Å². The number of halogens is 3. The second-order valence-corrected chi connectivity index (χ2v) is 5.44. The molecule has 0 heterocycles. The molecule has 0 saturated heterocycles. The Labute approximate surface area is 98.7 Å². The van der Waals surface area contributed by atoms with E-state index in [1.54, 1.807) is 0 Å². The first-order valence-corrected chi connectivity index (χ1v) is 6.57. The summed E-state index contributed by atoms with van der Waals surface area (Å²) in [4.78, 5) is 0. The molecule has 1 rings (SSSR count). The molecule has 90 valence electrons. The predicted octanol–water partition coefficient (Wildman–Crippen LogP) is 4.00. The van der Waals surface area contributed by atoms with Crippen LogP contribution in [0.1, 0.15) is 39.5 Å². The summed E-state index contributed by atoms with van der Waals surface area (Å²) in [6.07, 6.45) is 4.02. The van der Waals surface area contributed by atoms with E-state index < -0.39 is 12.5 Å². The van der Waals surface area contributed by atoms with Gasteiger partial charge < -0.3 is 4.74 Å². The standard InChI is InChI=1S/C11H19BrF2O/c1-9-4-3-5-11(6-9,7-12)15-8-10(2,13)14/h9H,3-8H2,1-2H3. The van der Waals surface area contributed by atoms with Crippen molar-refractivity contribution in [2.45, 2.75) is 51.1 Å². The molecule has 0 aliphatic heterocycles. The van der Waals surface area contributed by atoms with Crippen molar-refractivity contribution < 1.29 is 13.5 Å². The fraction of sp³-hybridized carbons (Fsp3) is 1.00. The molecule has 1 aliphatic rings. The zero-order valence-electron chi connectivity index (χ0n) is 9.36. The third kappa shape index (κ3) is 4.35. The van der Waals surface area contributed by atoms with Crippen molar-refractivity contribution in [3.8, 4) is 0 Å². The summed E-state index contributed by atoms with van der Waals surface area (Å²) in [5, 5.41) is 0.653. The smallest absolute Gasteiger partial charge is 0.268 e. The molecular formula is C11H19BrF2O. The van der Waals surface area contributed by atoms with Gasteiger partial charge in [-0.1, -0.05) is 35.7 Å². The largest absolute Gasteiger partial charge is 0.368 e. The second-order valence-electron chi connectivity index (χ2n) is 4.88. The van der Waals surface area contributed by atoms with Crippen LogP contribution in [-0.4, -0.2) is 23.5 Å². The minimum absolute atomic E-state index is 0.364. The Bertz CT molecular complexity index is 205. The Morgan fingerprint density at radius 3 is 2.67 bits per heavy atom. The van der Waals surface area contributed by atoms with Crippen LogP contribution >= 0.6 is 15.9 Å². The summed E-state index contributed by atoms with van der Waals surface area (Å²) < 4.78 is 30.9. The Kier molecular flexibility index (Phi) is 4.53. The van der Waals surface area contributed by atoms with Crippen LogP contribution in [0.15, 0.2) is 0 Å². The summed E-state index contributed by atoms with van der Waals surface area (Å²) >= 11 is 3.39. The highest BCUT2D eigenvalue weighted by Gasteiger charge is 2.37. The lowest BCUT2D eigenvalue weighted by molar-refractivity contribution is -0.137. The lowest BCUT2D eigenvalue weighted by Crippen LogP contribution is -2.42. The van der Waals surface area contributed by atoms with Gasteiger partial charge in [0.25, 0.3) is 5.92 Å². The zero-order chi connectivity index (χ0) is 11.5. The van der Waals surface area contributed by atoms with E-state index in [2.05, 4.69) is 22.9 Å². The third-order valence-electron chi connectivity index (χ3n) is 2.93. The monoisotopic (exact) mass is 284 g/mol. The van der Waals surface area contributed by atoms with Gasteiger partial charge in [0.15, 0.2) is 0 Å². The summed E-state index contributed by atoms with van der Waals surface area (Å²) in [5.74, 6) is -2.16. The van der Waals surface area contributed by atoms with Crippen molar-refractivity contribution in [1.29, 1.82) is 0 Å². The molecular weight excluding hydrogens is 266 g/mol. The minimum atomic E-state index is -2.73. The van der Waals surface area contributed by atoms with Gasteiger partial charge in [0.1, 0.15) is 6.61 Å². The van der Waals surface area contributed by atoms with Gasteiger partial charge in [0.2, 0.25) is 0 Å². The first kappa shape index (κ1) is 13.4. The summed E-state index contributed by atoms with van der Waals surface area (Å²) in [7, 11) is 0. The highest BCUT2D eigenvalue weighted by molar-refractivity contribution is 9.09. The summed E-state index contributed by atoms with van der Waals surface area (Å²) in [5.41, 5.74) is -0.364. The van der Waals surface area contributed by atoms with Gasteiger partial charge in [0.05, 0.1) is 5.60 Å². The van der Waals surface area contributed by atoms with E-state index in [9.17, 15) is 8.78 Å². The molecule has 1 aliphatic carbocycles. The molecule has 15 heavy (non-hydrogen) atoms. The molecule has 0 radical (unpaired) electrons. The van der Waals surface area contributed by atoms with Gasteiger partial charge >= 0.3 is 0 Å². The maximum absolute atomic E-state index is 12.7. The Morgan fingerprint density at radius 2 is 2.20 bits per heavy atom. The fourth-order valence-corrected chi connectivity index (χ4v) is 2.85. The number of alkyl halides is 3. The van der Waals surface area contributed by atoms with Crippen LogP contribution in [0.3, 0.4) is 0 Å². The number of rotatable bonds is 4. The molecule has 2 atom stereocenters. The van der Waals surface area contributed by atoms with E-state index in [0.717, 1.165) is 26.2 Å². The molecule has 0 aromatic rings. The summed E-state index contributed by atoms with van der Waals surface area (Å²) in [6, 6.07) is 0. The second kappa shape index (κ2) is 5.09. The topological polar surface area (TPSA) is 9.23 Å². The van der Waals surface area contributed by atoms with Crippen molar-refractivity contribution in [2.24, 2.45) is 5.92 Å². The van der Waals surface area contributed by atoms with Crippen molar-refractivity contribution in [3.63, 3.8) is 0 Å². The minimum Gasteiger partial charge on any atom is -0.368 e. The van der Waals surface area contributed by atoms with Crippen LogP contribution in [0.2, 0.25) is 0 Å². The average molecular weight is 285 g/mol. The van der Waals surface area contributed by atoms with Gasteiger partial charge in [-0.2, -0.15) is 0 Å². The number of hydrogen-bond donors (Lipinski definition) is 0. The average Bonchev–Trinajstić information content (AvgIpc) is 2.14. The molecule has 1 fully saturated rings. The van der Waals surface area contributed by atoms with Crippen LogP contribution in [0, 0.1) is 5.92 Å². The van der Waals surface area contributed by atoms with Crippen LogP contribution in [-0.2, 0) is 4.74 Å². The van der Waals surface area contributed by atoms with Crippen molar-refractivity contribution in [1.82, 2.24) is 0 Å². The maximum atomic E-state index is 12.7. The molecule has 1 nitrogen and oxygen atoms in total. The van der Waals surface area contributed by atoms with E-state index in [4.69, 9.17) is 4.74 Å². The summed E-state index contributed by atoms with van der Waals surface area (Å²) in [6.45, 7) is 2.59. The highest BCUT2D eigenvalue weighted by Crippen LogP contribution is 2.37. The van der Waals surface area contributed by atoms with Gasteiger partial charge in [-0.3, -0.25) is 0 Å². The normalized spacial score (nSPS) is 33.0. The van der Waals surface area contributed by atoms with Gasteiger partial charge in [-0.15, -0.1) is 0 Å². The molecule has 0 bridgehead atoms. The first-order valence-electron chi connectivity index (χ1n) is 5.45. The SMILES string of the molecule is CC1CCCC(CBr)(OCC(C)(F)F)C1. The van der Waals surface area contributed by atoms with Crippen molar-refractivity contribution in [3.05, 3.63) is 0 Å². The molecule has 2 unspecified atom stereocenters. The van der Waals surface area contributed by atoms with Crippen molar-refractivity contribution in [2.75, 3.05) is 11.9 Å².